The first-order chi connectivity index (χ1) is 15.4. The summed E-state index contributed by atoms with van der Waals surface area (Å²) < 4.78 is 39.2. The third-order valence-corrected chi connectivity index (χ3v) is 6.54. The molecule has 0 heterocycles. The SMILES string of the molecule is CCC(C)NC(=O)C(C)N(Cc1cccc(C)c1)C(=O)CN(c1ccc(F)cc1)S(C)(=O)=O. The number of anilines is 1. The molecule has 0 aromatic heterocycles. The van der Waals surface area contributed by atoms with Crippen molar-refractivity contribution < 1.29 is 22.4 Å². The lowest BCUT2D eigenvalue weighted by Crippen LogP contribution is -2.52. The Bertz CT molecular complexity index is 1070. The van der Waals surface area contributed by atoms with Crippen molar-refractivity contribution in [3.63, 3.8) is 0 Å². The summed E-state index contributed by atoms with van der Waals surface area (Å²) in [5.74, 6) is -1.38. The molecule has 2 unspecified atom stereocenters. The van der Waals surface area contributed by atoms with Crippen molar-refractivity contribution in [2.75, 3.05) is 17.1 Å². The van der Waals surface area contributed by atoms with Crippen LogP contribution in [0.1, 0.15) is 38.3 Å². The van der Waals surface area contributed by atoms with Crippen LogP contribution in [0, 0.1) is 12.7 Å². The van der Waals surface area contributed by atoms with E-state index in [-0.39, 0.29) is 24.2 Å². The van der Waals surface area contributed by atoms with Gasteiger partial charge < -0.3 is 10.2 Å². The van der Waals surface area contributed by atoms with Crippen LogP contribution in [0.5, 0.6) is 0 Å². The Kier molecular flexibility index (Phi) is 8.99. The monoisotopic (exact) mass is 477 g/mol. The molecular formula is C24H32FN3O4S. The molecule has 0 aliphatic rings. The van der Waals surface area contributed by atoms with E-state index in [2.05, 4.69) is 5.32 Å². The Morgan fingerprint density at radius 2 is 1.73 bits per heavy atom. The van der Waals surface area contributed by atoms with E-state index < -0.39 is 34.3 Å². The number of nitrogens with zero attached hydrogens (tertiary/aromatic N) is 2. The zero-order valence-electron chi connectivity index (χ0n) is 19.7. The van der Waals surface area contributed by atoms with Gasteiger partial charge in [-0.3, -0.25) is 13.9 Å². The van der Waals surface area contributed by atoms with E-state index in [1.807, 2.05) is 45.0 Å². The summed E-state index contributed by atoms with van der Waals surface area (Å²) in [4.78, 5) is 27.6. The number of nitrogens with one attached hydrogen (secondary N) is 1. The van der Waals surface area contributed by atoms with Gasteiger partial charge in [-0.1, -0.05) is 36.8 Å². The molecule has 0 radical (unpaired) electrons. The maximum atomic E-state index is 13.4. The zero-order valence-corrected chi connectivity index (χ0v) is 20.5. The van der Waals surface area contributed by atoms with Crippen LogP contribution in [-0.4, -0.2) is 50.0 Å². The van der Waals surface area contributed by atoms with Gasteiger partial charge in [-0.05, 0) is 57.0 Å². The lowest BCUT2D eigenvalue weighted by Gasteiger charge is -2.32. The summed E-state index contributed by atoms with van der Waals surface area (Å²) >= 11 is 0. The first-order valence-corrected chi connectivity index (χ1v) is 12.7. The highest BCUT2D eigenvalue weighted by atomic mass is 32.2. The first kappa shape index (κ1) is 26.3. The normalized spacial score (nSPS) is 13.2. The predicted molar refractivity (Wildman–Crippen MR) is 128 cm³/mol. The van der Waals surface area contributed by atoms with Crippen LogP contribution >= 0.6 is 0 Å². The van der Waals surface area contributed by atoms with Crippen molar-refractivity contribution in [1.29, 1.82) is 0 Å². The summed E-state index contributed by atoms with van der Waals surface area (Å²) in [5, 5.41) is 2.88. The smallest absolute Gasteiger partial charge is 0.244 e. The van der Waals surface area contributed by atoms with Gasteiger partial charge >= 0.3 is 0 Å². The zero-order chi connectivity index (χ0) is 24.8. The molecule has 2 aromatic carbocycles. The molecule has 0 aliphatic heterocycles. The summed E-state index contributed by atoms with van der Waals surface area (Å²) in [5.41, 5.74) is 1.99. The average molecular weight is 478 g/mol. The number of aryl methyl sites for hydroxylation is 1. The quantitative estimate of drug-likeness (QED) is 0.569. The van der Waals surface area contributed by atoms with E-state index in [0.717, 1.165) is 40.2 Å². The molecule has 33 heavy (non-hydrogen) atoms. The second-order valence-corrected chi connectivity index (χ2v) is 10.2. The van der Waals surface area contributed by atoms with E-state index >= 15 is 0 Å². The van der Waals surface area contributed by atoms with Crippen molar-refractivity contribution in [1.82, 2.24) is 10.2 Å². The van der Waals surface area contributed by atoms with Crippen molar-refractivity contribution in [3.05, 3.63) is 65.5 Å². The molecule has 0 saturated heterocycles. The van der Waals surface area contributed by atoms with Gasteiger partial charge in [0.2, 0.25) is 21.8 Å². The number of rotatable bonds is 10. The molecule has 2 rings (SSSR count). The third kappa shape index (κ3) is 7.56. The highest BCUT2D eigenvalue weighted by molar-refractivity contribution is 7.92. The second kappa shape index (κ2) is 11.3. The number of carbonyl (C=O) groups is 2. The van der Waals surface area contributed by atoms with Gasteiger partial charge in [-0.2, -0.15) is 0 Å². The summed E-state index contributed by atoms with van der Waals surface area (Å²) in [7, 11) is -3.85. The number of carbonyl (C=O) groups excluding carboxylic acids is 2. The molecule has 0 spiro atoms. The molecule has 0 bridgehead atoms. The first-order valence-electron chi connectivity index (χ1n) is 10.8. The molecule has 2 aromatic rings. The Hall–Kier alpha value is -2.94. The molecule has 7 nitrogen and oxygen atoms in total. The number of benzene rings is 2. The molecule has 9 heteroatoms. The lowest BCUT2D eigenvalue weighted by atomic mass is 10.1. The van der Waals surface area contributed by atoms with Crippen LogP contribution in [0.4, 0.5) is 10.1 Å². The van der Waals surface area contributed by atoms with Crippen LogP contribution in [0.3, 0.4) is 0 Å². The van der Waals surface area contributed by atoms with Gasteiger partial charge in [-0.25, -0.2) is 12.8 Å². The molecule has 0 fully saturated rings. The fourth-order valence-corrected chi connectivity index (χ4v) is 4.13. The Labute approximate surface area is 195 Å². The van der Waals surface area contributed by atoms with Gasteiger partial charge in [0.05, 0.1) is 11.9 Å². The van der Waals surface area contributed by atoms with Crippen molar-refractivity contribution in [3.8, 4) is 0 Å². The van der Waals surface area contributed by atoms with Crippen LogP contribution in [-0.2, 0) is 26.2 Å². The summed E-state index contributed by atoms with van der Waals surface area (Å²) in [6, 6.07) is 11.5. The van der Waals surface area contributed by atoms with Gasteiger partial charge in [0, 0.05) is 12.6 Å². The van der Waals surface area contributed by atoms with Crippen LogP contribution in [0.25, 0.3) is 0 Å². The maximum absolute atomic E-state index is 13.4. The van der Waals surface area contributed by atoms with Gasteiger partial charge in [-0.15, -0.1) is 0 Å². The maximum Gasteiger partial charge on any atom is 0.244 e. The molecule has 0 saturated carbocycles. The van der Waals surface area contributed by atoms with Crippen LogP contribution < -0.4 is 9.62 Å². The van der Waals surface area contributed by atoms with E-state index in [9.17, 15) is 22.4 Å². The van der Waals surface area contributed by atoms with Gasteiger partial charge in [0.1, 0.15) is 18.4 Å². The lowest BCUT2D eigenvalue weighted by molar-refractivity contribution is -0.139. The number of sulfonamides is 1. The number of halogens is 1. The molecule has 180 valence electrons. The van der Waals surface area contributed by atoms with Gasteiger partial charge in [0.15, 0.2) is 0 Å². The van der Waals surface area contributed by atoms with E-state index in [0.29, 0.717) is 0 Å². The standard InChI is InChI=1S/C24H32FN3O4S/c1-6-18(3)26-24(30)19(4)27(15-20-9-7-8-17(2)14-20)23(29)16-28(33(5,31)32)22-12-10-21(25)11-13-22/h7-14,18-19H,6,15-16H2,1-5H3,(H,26,30). The van der Waals surface area contributed by atoms with Crippen LogP contribution in [0.15, 0.2) is 48.5 Å². The topological polar surface area (TPSA) is 86.8 Å². The summed E-state index contributed by atoms with van der Waals surface area (Å²) in [6.45, 7) is 6.98. The number of amides is 2. The number of hydrogen-bond acceptors (Lipinski definition) is 4. The molecule has 2 atom stereocenters. The number of hydrogen-bond donors (Lipinski definition) is 1. The van der Waals surface area contributed by atoms with E-state index in [1.54, 1.807) is 6.92 Å². The fourth-order valence-electron chi connectivity index (χ4n) is 3.28. The van der Waals surface area contributed by atoms with Crippen molar-refractivity contribution in [2.45, 2.75) is 52.7 Å². The molecule has 0 aliphatic carbocycles. The second-order valence-electron chi connectivity index (χ2n) is 8.25. The van der Waals surface area contributed by atoms with Crippen molar-refractivity contribution >= 4 is 27.5 Å². The third-order valence-electron chi connectivity index (χ3n) is 5.40. The van der Waals surface area contributed by atoms with Gasteiger partial charge in [0.25, 0.3) is 0 Å². The fraction of sp³-hybridized carbons (Fsp3) is 0.417. The summed E-state index contributed by atoms with van der Waals surface area (Å²) in [6.07, 6.45) is 1.71. The molecule has 1 N–H and O–H groups in total. The Balaban J connectivity index is 2.37. The minimum atomic E-state index is -3.85. The Morgan fingerprint density at radius 1 is 1.09 bits per heavy atom. The largest absolute Gasteiger partial charge is 0.352 e. The minimum Gasteiger partial charge on any atom is -0.352 e. The van der Waals surface area contributed by atoms with Crippen LogP contribution in [0.2, 0.25) is 0 Å². The van der Waals surface area contributed by atoms with E-state index in [1.165, 1.54) is 17.0 Å². The Morgan fingerprint density at radius 3 is 2.27 bits per heavy atom. The van der Waals surface area contributed by atoms with Crippen molar-refractivity contribution in [2.24, 2.45) is 0 Å². The van der Waals surface area contributed by atoms with E-state index in [4.69, 9.17) is 0 Å². The predicted octanol–water partition coefficient (Wildman–Crippen LogP) is 3.23. The minimum absolute atomic E-state index is 0.0670. The average Bonchev–Trinajstić information content (AvgIpc) is 2.75. The molecular weight excluding hydrogens is 445 g/mol. The highest BCUT2D eigenvalue weighted by Gasteiger charge is 2.30. The molecule has 2 amide bonds. The highest BCUT2D eigenvalue weighted by Crippen LogP contribution is 2.19.